The summed E-state index contributed by atoms with van der Waals surface area (Å²) < 4.78 is 13.0. The van der Waals surface area contributed by atoms with Crippen molar-refractivity contribution in [1.82, 2.24) is 14.9 Å². The van der Waals surface area contributed by atoms with Crippen molar-refractivity contribution in [2.24, 2.45) is 0 Å². The van der Waals surface area contributed by atoms with E-state index in [1.165, 1.54) is 12.1 Å². The number of piperazine rings is 1. The molecule has 2 heterocycles. The number of nitrogens with zero attached hydrogens (tertiary/aromatic N) is 4. The Bertz CT molecular complexity index is 843. The van der Waals surface area contributed by atoms with E-state index in [0.717, 1.165) is 55.5 Å². The number of hydrogen-bond donors (Lipinski definition) is 0. The van der Waals surface area contributed by atoms with Crippen LogP contribution in [0.1, 0.15) is 5.56 Å². The lowest BCUT2D eigenvalue weighted by atomic mass is 10.2. The molecule has 5 heteroatoms. The lowest BCUT2D eigenvalue weighted by Crippen LogP contribution is -2.46. The van der Waals surface area contributed by atoms with Crippen LogP contribution in [0, 0.1) is 5.82 Å². The van der Waals surface area contributed by atoms with E-state index in [-0.39, 0.29) is 5.82 Å². The molecule has 132 valence electrons. The lowest BCUT2D eigenvalue weighted by Gasteiger charge is -2.35. The third kappa shape index (κ3) is 3.89. The number of benzene rings is 2. The van der Waals surface area contributed by atoms with Crippen LogP contribution >= 0.6 is 0 Å². The third-order valence-electron chi connectivity index (χ3n) is 4.69. The highest BCUT2D eigenvalue weighted by molar-refractivity contribution is 5.57. The molecule has 1 aliphatic rings. The Morgan fingerprint density at radius 2 is 1.58 bits per heavy atom. The first kappa shape index (κ1) is 16.7. The molecule has 0 aliphatic carbocycles. The Labute approximate surface area is 152 Å². The standard InChI is InChI=1S/C21H21FN4/c22-19-8-6-17(7-9-19)16-25-12-14-26(15-13-25)20-10-11-23-21(24-20)18-4-2-1-3-5-18/h1-11H,12-16H2. The SMILES string of the molecule is Fc1ccc(CN2CCN(c3ccnc(-c4ccccc4)n3)CC2)cc1. The van der Waals surface area contributed by atoms with Gasteiger partial charge in [-0.3, -0.25) is 4.90 Å². The van der Waals surface area contributed by atoms with Gasteiger partial charge in [0.15, 0.2) is 5.82 Å². The summed E-state index contributed by atoms with van der Waals surface area (Å²) in [6.07, 6.45) is 1.83. The van der Waals surface area contributed by atoms with Crippen molar-refractivity contribution < 1.29 is 4.39 Å². The first-order valence-electron chi connectivity index (χ1n) is 8.88. The molecule has 1 fully saturated rings. The molecule has 0 saturated carbocycles. The summed E-state index contributed by atoms with van der Waals surface area (Å²) in [6, 6.07) is 18.8. The molecular weight excluding hydrogens is 327 g/mol. The van der Waals surface area contributed by atoms with Gasteiger partial charge in [-0.1, -0.05) is 42.5 Å². The summed E-state index contributed by atoms with van der Waals surface area (Å²) in [6.45, 7) is 4.62. The van der Waals surface area contributed by atoms with E-state index in [1.54, 1.807) is 0 Å². The van der Waals surface area contributed by atoms with E-state index in [4.69, 9.17) is 4.98 Å². The molecule has 0 atom stereocenters. The van der Waals surface area contributed by atoms with Crippen molar-refractivity contribution in [1.29, 1.82) is 0 Å². The lowest BCUT2D eigenvalue weighted by molar-refractivity contribution is 0.249. The van der Waals surface area contributed by atoms with Crippen LogP contribution in [0.3, 0.4) is 0 Å². The molecule has 26 heavy (non-hydrogen) atoms. The Hall–Kier alpha value is -2.79. The zero-order valence-corrected chi connectivity index (χ0v) is 14.6. The minimum Gasteiger partial charge on any atom is -0.354 e. The molecule has 0 bridgehead atoms. The van der Waals surface area contributed by atoms with E-state index in [9.17, 15) is 4.39 Å². The number of rotatable bonds is 4. The molecule has 0 radical (unpaired) electrons. The fourth-order valence-electron chi connectivity index (χ4n) is 3.23. The molecule has 1 aromatic heterocycles. The Balaban J connectivity index is 1.39. The Kier molecular flexibility index (Phi) is 4.88. The summed E-state index contributed by atoms with van der Waals surface area (Å²) in [5.74, 6) is 1.55. The fraction of sp³-hybridized carbons (Fsp3) is 0.238. The van der Waals surface area contributed by atoms with E-state index in [2.05, 4.69) is 14.8 Å². The number of halogens is 1. The summed E-state index contributed by atoms with van der Waals surface area (Å²) >= 11 is 0. The molecule has 0 amide bonds. The highest BCUT2D eigenvalue weighted by Gasteiger charge is 2.18. The molecular formula is C21H21FN4. The molecule has 4 rings (SSSR count). The highest BCUT2D eigenvalue weighted by Crippen LogP contribution is 2.19. The van der Waals surface area contributed by atoms with Gasteiger partial charge in [0.2, 0.25) is 0 Å². The number of anilines is 1. The third-order valence-corrected chi connectivity index (χ3v) is 4.69. The summed E-state index contributed by atoms with van der Waals surface area (Å²) in [5, 5.41) is 0. The second-order valence-electron chi connectivity index (χ2n) is 6.49. The average molecular weight is 348 g/mol. The van der Waals surface area contributed by atoms with Crippen molar-refractivity contribution in [2.75, 3.05) is 31.1 Å². The summed E-state index contributed by atoms with van der Waals surface area (Å²) in [4.78, 5) is 13.8. The maximum absolute atomic E-state index is 13.0. The van der Waals surface area contributed by atoms with Crippen LogP contribution in [0.2, 0.25) is 0 Å². The average Bonchev–Trinajstić information content (AvgIpc) is 2.71. The first-order chi connectivity index (χ1) is 12.8. The minimum absolute atomic E-state index is 0.184. The van der Waals surface area contributed by atoms with Crippen LogP contribution in [-0.4, -0.2) is 41.0 Å². The molecule has 2 aromatic carbocycles. The molecule has 0 unspecified atom stereocenters. The second-order valence-corrected chi connectivity index (χ2v) is 6.49. The van der Waals surface area contributed by atoms with Gasteiger partial charge in [-0.25, -0.2) is 14.4 Å². The van der Waals surface area contributed by atoms with Gasteiger partial charge in [0.1, 0.15) is 11.6 Å². The maximum atomic E-state index is 13.0. The van der Waals surface area contributed by atoms with E-state index in [0.29, 0.717) is 0 Å². The molecule has 0 N–H and O–H groups in total. The number of hydrogen-bond acceptors (Lipinski definition) is 4. The zero-order chi connectivity index (χ0) is 17.8. The predicted octanol–water partition coefficient (Wildman–Crippen LogP) is 3.60. The van der Waals surface area contributed by atoms with Gasteiger partial charge in [0, 0.05) is 44.5 Å². The van der Waals surface area contributed by atoms with Gasteiger partial charge in [-0.15, -0.1) is 0 Å². The maximum Gasteiger partial charge on any atom is 0.161 e. The minimum atomic E-state index is -0.184. The van der Waals surface area contributed by atoms with Crippen molar-refractivity contribution in [3.05, 3.63) is 78.2 Å². The van der Waals surface area contributed by atoms with Crippen molar-refractivity contribution >= 4 is 5.82 Å². The van der Waals surface area contributed by atoms with Crippen molar-refractivity contribution in [2.45, 2.75) is 6.54 Å². The quantitative estimate of drug-likeness (QED) is 0.721. The fourth-order valence-corrected chi connectivity index (χ4v) is 3.23. The summed E-state index contributed by atoms with van der Waals surface area (Å²) in [5.41, 5.74) is 2.18. The van der Waals surface area contributed by atoms with Gasteiger partial charge in [0.25, 0.3) is 0 Å². The van der Waals surface area contributed by atoms with Gasteiger partial charge < -0.3 is 4.90 Å². The monoisotopic (exact) mass is 348 g/mol. The van der Waals surface area contributed by atoms with Gasteiger partial charge in [-0.05, 0) is 23.8 Å². The highest BCUT2D eigenvalue weighted by atomic mass is 19.1. The van der Waals surface area contributed by atoms with Crippen LogP contribution in [0.5, 0.6) is 0 Å². The van der Waals surface area contributed by atoms with Crippen LogP contribution < -0.4 is 4.90 Å². The molecule has 1 aliphatic heterocycles. The largest absolute Gasteiger partial charge is 0.354 e. The van der Waals surface area contributed by atoms with Gasteiger partial charge in [0.05, 0.1) is 0 Å². The normalized spacial score (nSPS) is 15.2. The van der Waals surface area contributed by atoms with Gasteiger partial charge >= 0.3 is 0 Å². The predicted molar refractivity (Wildman–Crippen MR) is 101 cm³/mol. The van der Waals surface area contributed by atoms with E-state index in [1.807, 2.05) is 54.7 Å². The van der Waals surface area contributed by atoms with Crippen LogP contribution in [0.15, 0.2) is 66.9 Å². The zero-order valence-electron chi connectivity index (χ0n) is 14.6. The van der Waals surface area contributed by atoms with Crippen molar-refractivity contribution in [3.63, 3.8) is 0 Å². The molecule has 4 nitrogen and oxygen atoms in total. The molecule has 1 saturated heterocycles. The first-order valence-corrected chi connectivity index (χ1v) is 8.88. The smallest absolute Gasteiger partial charge is 0.161 e. The van der Waals surface area contributed by atoms with Crippen LogP contribution in [-0.2, 0) is 6.54 Å². The van der Waals surface area contributed by atoms with E-state index < -0.39 is 0 Å². The number of aromatic nitrogens is 2. The van der Waals surface area contributed by atoms with Gasteiger partial charge in [-0.2, -0.15) is 0 Å². The Morgan fingerprint density at radius 3 is 2.31 bits per heavy atom. The molecule has 3 aromatic rings. The van der Waals surface area contributed by atoms with Crippen LogP contribution in [0.25, 0.3) is 11.4 Å². The van der Waals surface area contributed by atoms with E-state index >= 15 is 0 Å². The molecule has 0 spiro atoms. The topological polar surface area (TPSA) is 32.3 Å². The second kappa shape index (κ2) is 7.62. The summed E-state index contributed by atoms with van der Waals surface area (Å²) in [7, 11) is 0. The Morgan fingerprint density at radius 1 is 0.846 bits per heavy atom. The van der Waals surface area contributed by atoms with Crippen molar-refractivity contribution in [3.8, 4) is 11.4 Å². The van der Waals surface area contributed by atoms with Crippen LogP contribution in [0.4, 0.5) is 10.2 Å².